The van der Waals surface area contributed by atoms with Crippen LogP contribution in [0.15, 0.2) is 22.7 Å². The molecule has 1 aromatic rings. The number of anilines is 1. The van der Waals surface area contributed by atoms with Crippen LogP contribution in [0.4, 0.5) is 5.69 Å². The molecule has 0 aromatic heterocycles. The van der Waals surface area contributed by atoms with Crippen molar-refractivity contribution in [3.8, 4) is 0 Å². The van der Waals surface area contributed by atoms with E-state index in [4.69, 9.17) is 0 Å². The Kier molecular flexibility index (Phi) is 4.33. The molecule has 0 saturated carbocycles. The average Bonchev–Trinajstić information content (AvgIpc) is 2.16. The van der Waals surface area contributed by atoms with Gasteiger partial charge in [-0.25, -0.2) is 0 Å². The van der Waals surface area contributed by atoms with Gasteiger partial charge in [-0.05, 0) is 40.0 Å². The van der Waals surface area contributed by atoms with Crippen LogP contribution in [-0.4, -0.2) is 19.9 Å². The van der Waals surface area contributed by atoms with Gasteiger partial charge in [-0.15, -0.1) is 0 Å². The normalized spacial score (nSPS) is 10.5. The van der Waals surface area contributed by atoms with Gasteiger partial charge >= 0.3 is 0 Å². The Morgan fingerprint density at radius 3 is 2.60 bits per heavy atom. The van der Waals surface area contributed by atoms with Gasteiger partial charge in [0.15, 0.2) is 0 Å². The van der Waals surface area contributed by atoms with E-state index in [0.29, 0.717) is 11.5 Å². The molecule has 2 nitrogen and oxygen atoms in total. The first kappa shape index (κ1) is 12.2. The maximum Gasteiger partial charge on any atom is 0.150 e. The van der Waals surface area contributed by atoms with Crippen LogP contribution in [0.25, 0.3) is 0 Å². The van der Waals surface area contributed by atoms with Gasteiger partial charge in [-0.3, -0.25) is 4.79 Å². The Morgan fingerprint density at radius 1 is 1.47 bits per heavy atom. The lowest BCUT2D eigenvalue weighted by molar-refractivity contribution is 0.112. The van der Waals surface area contributed by atoms with E-state index in [9.17, 15) is 4.79 Å². The smallest absolute Gasteiger partial charge is 0.150 e. The van der Waals surface area contributed by atoms with Gasteiger partial charge in [-0.2, -0.15) is 0 Å². The number of aldehydes is 1. The zero-order valence-electron chi connectivity index (χ0n) is 9.33. The average molecular weight is 270 g/mol. The van der Waals surface area contributed by atoms with E-state index in [1.807, 2.05) is 18.2 Å². The molecule has 1 aromatic carbocycles. The molecule has 1 rings (SSSR count). The van der Waals surface area contributed by atoms with Crippen LogP contribution in [0.3, 0.4) is 0 Å². The van der Waals surface area contributed by atoms with E-state index in [2.05, 4.69) is 41.7 Å². The highest BCUT2D eigenvalue weighted by Gasteiger charge is 2.07. The molecular weight excluding hydrogens is 254 g/mol. The highest BCUT2D eigenvalue weighted by atomic mass is 79.9. The molecular formula is C12H16BrNO. The standard InChI is InChI=1S/C12H16BrNO/c1-9(2)7-14(3)12-5-4-10(8-15)6-11(12)13/h4-6,8-9H,7H2,1-3H3. The van der Waals surface area contributed by atoms with Crippen LogP contribution in [0, 0.1) is 5.92 Å². The first-order valence-electron chi connectivity index (χ1n) is 5.00. The first-order valence-corrected chi connectivity index (χ1v) is 5.79. The molecule has 0 amide bonds. The number of carbonyl (C=O) groups is 1. The molecule has 0 N–H and O–H groups in total. The fourth-order valence-corrected chi connectivity index (χ4v) is 2.25. The van der Waals surface area contributed by atoms with Crippen molar-refractivity contribution < 1.29 is 4.79 Å². The Balaban J connectivity index is 2.90. The molecule has 0 fully saturated rings. The number of rotatable bonds is 4. The molecule has 0 aliphatic carbocycles. The Bertz CT molecular complexity index is 349. The van der Waals surface area contributed by atoms with Crippen molar-refractivity contribution in [2.24, 2.45) is 5.92 Å². The third kappa shape index (κ3) is 3.34. The Morgan fingerprint density at radius 2 is 2.13 bits per heavy atom. The Hall–Kier alpha value is -0.830. The van der Waals surface area contributed by atoms with Gasteiger partial charge in [-0.1, -0.05) is 13.8 Å². The van der Waals surface area contributed by atoms with Crippen LogP contribution in [0.2, 0.25) is 0 Å². The van der Waals surface area contributed by atoms with E-state index in [1.54, 1.807) is 0 Å². The summed E-state index contributed by atoms with van der Waals surface area (Å²) in [6.45, 7) is 5.37. The fraction of sp³-hybridized carbons (Fsp3) is 0.417. The van der Waals surface area contributed by atoms with Crippen molar-refractivity contribution in [3.63, 3.8) is 0 Å². The summed E-state index contributed by atoms with van der Waals surface area (Å²) in [4.78, 5) is 12.8. The summed E-state index contributed by atoms with van der Waals surface area (Å²) in [7, 11) is 2.06. The monoisotopic (exact) mass is 269 g/mol. The van der Waals surface area contributed by atoms with Gasteiger partial charge in [0, 0.05) is 23.6 Å². The number of nitrogens with zero attached hydrogens (tertiary/aromatic N) is 1. The van der Waals surface area contributed by atoms with Crippen molar-refractivity contribution in [3.05, 3.63) is 28.2 Å². The lowest BCUT2D eigenvalue weighted by Gasteiger charge is -2.22. The van der Waals surface area contributed by atoms with Crippen LogP contribution in [0.1, 0.15) is 24.2 Å². The number of hydrogen-bond donors (Lipinski definition) is 0. The maximum atomic E-state index is 10.6. The molecule has 0 heterocycles. The zero-order chi connectivity index (χ0) is 11.4. The molecule has 0 unspecified atom stereocenters. The summed E-state index contributed by atoms with van der Waals surface area (Å²) in [6.07, 6.45) is 0.858. The minimum Gasteiger partial charge on any atom is -0.373 e. The van der Waals surface area contributed by atoms with Gasteiger partial charge in [0.1, 0.15) is 6.29 Å². The van der Waals surface area contributed by atoms with Crippen molar-refractivity contribution in [1.82, 2.24) is 0 Å². The highest BCUT2D eigenvalue weighted by Crippen LogP contribution is 2.26. The Labute approximate surface area is 99.4 Å². The molecule has 0 spiro atoms. The van der Waals surface area contributed by atoms with Crippen LogP contribution < -0.4 is 4.90 Å². The van der Waals surface area contributed by atoms with E-state index in [-0.39, 0.29) is 0 Å². The molecule has 0 aliphatic heterocycles. The second kappa shape index (κ2) is 5.31. The molecule has 0 radical (unpaired) electrons. The van der Waals surface area contributed by atoms with E-state index < -0.39 is 0 Å². The molecule has 0 saturated heterocycles. The van der Waals surface area contributed by atoms with Crippen molar-refractivity contribution >= 4 is 27.9 Å². The van der Waals surface area contributed by atoms with Crippen LogP contribution in [0.5, 0.6) is 0 Å². The van der Waals surface area contributed by atoms with Crippen molar-refractivity contribution in [2.45, 2.75) is 13.8 Å². The molecule has 0 aliphatic rings. The first-order chi connectivity index (χ1) is 7.04. The highest BCUT2D eigenvalue weighted by molar-refractivity contribution is 9.10. The quantitative estimate of drug-likeness (QED) is 0.782. The van der Waals surface area contributed by atoms with E-state index >= 15 is 0 Å². The molecule has 15 heavy (non-hydrogen) atoms. The van der Waals surface area contributed by atoms with Gasteiger partial charge < -0.3 is 4.90 Å². The third-order valence-corrected chi connectivity index (χ3v) is 2.79. The topological polar surface area (TPSA) is 20.3 Å². The second-order valence-corrected chi connectivity index (χ2v) is 4.96. The minimum absolute atomic E-state index is 0.618. The SMILES string of the molecule is CC(C)CN(C)c1ccc(C=O)cc1Br. The van der Waals surface area contributed by atoms with E-state index in [0.717, 1.165) is 23.0 Å². The van der Waals surface area contributed by atoms with Crippen molar-refractivity contribution in [1.29, 1.82) is 0 Å². The summed E-state index contributed by atoms with van der Waals surface area (Å²) in [5.74, 6) is 0.618. The fourth-order valence-electron chi connectivity index (χ4n) is 1.55. The maximum absolute atomic E-state index is 10.6. The largest absolute Gasteiger partial charge is 0.373 e. The molecule has 3 heteroatoms. The van der Waals surface area contributed by atoms with Gasteiger partial charge in [0.25, 0.3) is 0 Å². The summed E-state index contributed by atoms with van der Waals surface area (Å²) in [5.41, 5.74) is 1.82. The third-order valence-electron chi connectivity index (χ3n) is 2.16. The predicted molar refractivity (Wildman–Crippen MR) is 67.6 cm³/mol. The number of benzene rings is 1. The van der Waals surface area contributed by atoms with Crippen LogP contribution >= 0.6 is 15.9 Å². The predicted octanol–water partition coefficient (Wildman–Crippen LogP) is 3.35. The van der Waals surface area contributed by atoms with Gasteiger partial charge in [0.05, 0.1) is 5.69 Å². The molecule has 0 bridgehead atoms. The lowest BCUT2D eigenvalue weighted by Crippen LogP contribution is -2.22. The number of hydrogen-bond acceptors (Lipinski definition) is 2. The summed E-state index contributed by atoms with van der Waals surface area (Å²) >= 11 is 3.48. The van der Waals surface area contributed by atoms with E-state index in [1.165, 1.54) is 0 Å². The summed E-state index contributed by atoms with van der Waals surface area (Å²) in [5, 5.41) is 0. The number of carbonyl (C=O) groups excluding carboxylic acids is 1. The summed E-state index contributed by atoms with van der Waals surface area (Å²) < 4.78 is 0.968. The minimum atomic E-state index is 0.618. The molecule has 82 valence electrons. The van der Waals surface area contributed by atoms with Gasteiger partial charge in [0.2, 0.25) is 0 Å². The number of halogens is 1. The van der Waals surface area contributed by atoms with Crippen LogP contribution in [-0.2, 0) is 0 Å². The lowest BCUT2D eigenvalue weighted by atomic mass is 10.1. The molecule has 0 atom stereocenters. The summed E-state index contributed by atoms with van der Waals surface area (Å²) in [6, 6.07) is 5.65. The second-order valence-electron chi connectivity index (χ2n) is 4.10. The van der Waals surface area contributed by atoms with Crippen molar-refractivity contribution in [2.75, 3.05) is 18.5 Å². The zero-order valence-corrected chi connectivity index (χ0v) is 10.9.